The Morgan fingerprint density at radius 1 is 1.60 bits per heavy atom. The summed E-state index contributed by atoms with van der Waals surface area (Å²) < 4.78 is 1.19. The zero-order valence-electron chi connectivity index (χ0n) is 4.97. The van der Waals surface area contributed by atoms with Gasteiger partial charge in [0.1, 0.15) is 5.52 Å². The second kappa shape index (κ2) is 1.41. The second-order valence-electron chi connectivity index (χ2n) is 1.89. The van der Waals surface area contributed by atoms with Gasteiger partial charge in [0.05, 0.1) is 6.20 Å². The zero-order chi connectivity index (χ0) is 7.14. The van der Waals surface area contributed by atoms with Crippen molar-refractivity contribution in [2.45, 2.75) is 0 Å². The molecule has 2 rings (SSSR count). The van der Waals surface area contributed by atoms with Gasteiger partial charge in [-0.15, -0.1) is 14.6 Å². The standard InChI is InChI=1S/C4H5N5O/c5-4-3-1-2-8(10)9(3)7-6-4/h1-2,10H,5H2. The molecule has 0 aliphatic rings. The fourth-order valence-electron chi connectivity index (χ4n) is 0.796. The summed E-state index contributed by atoms with van der Waals surface area (Å²) in [5, 5.41) is 16.0. The largest absolute Gasteiger partial charge is 0.412 e. The molecule has 0 fully saturated rings. The van der Waals surface area contributed by atoms with Crippen LogP contribution in [0.2, 0.25) is 0 Å². The van der Waals surface area contributed by atoms with E-state index >= 15 is 0 Å². The summed E-state index contributed by atoms with van der Waals surface area (Å²) in [5.74, 6) is 0.313. The van der Waals surface area contributed by atoms with Crippen molar-refractivity contribution in [1.29, 1.82) is 0 Å². The Balaban J connectivity index is 2.95. The number of nitrogens with zero attached hydrogens (tertiary/aromatic N) is 4. The maximum absolute atomic E-state index is 8.95. The Morgan fingerprint density at radius 3 is 3.10 bits per heavy atom. The van der Waals surface area contributed by atoms with Crippen LogP contribution in [0.3, 0.4) is 0 Å². The molecule has 0 aromatic carbocycles. The van der Waals surface area contributed by atoms with Crippen LogP contribution in [0.25, 0.3) is 5.52 Å². The molecule has 0 amide bonds. The van der Waals surface area contributed by atoms with Gasteiger partial charge >= 0.3 is 0 Å². The van der Waals surface area contributed by atoms with E-state index in [0.717, 1.165) is 4.85 Å². The maximum atomic E-state index is 8.95. The Labute approximate surface area is 55.4 Å². The van der Waals surface area contributed by atoms with Gasteiger partial charge in [-0.05, 0) is 11.3 Å². The lowest BCUT2D eigenvalue weighted by atomic mass is 10.5. The molecule has 0 saturated carbocycles. The molecule has 0 aliphatic carbocycles. The van der Waals surface area contributed by atoms with Crippen LogP contribution in [0.15, 0.2) is 12.3 Å². The zero-order valence-corrected chi connectivity index (χ0v) is 4.97. The molecule has 0 spiro atoms. The van der Waals surface area contributed by atoms with E-state index < -0.39 is 0 Å². The Bertz CT molecular complexity index is 324. The van der Waals surface area contributed by atoms with E-state index in [-0.39, 0.29) is 0 Å². The van der Waals surface area contributed by atoms with Crippen molar-refractivity contribution in [2.75, 3.05) is 5.73 Å². The number of nitrogen functional groups attached to an aromatic ring is 1. The van der Waals surface area contributed by atoms with Crippen LogP contribution in [-0.4, -0.2) is 25.0 Å². The molecule has 3 N–H and O–H groups in total. The number of rotatable bonds is 0. The van der Waals surface area contributed by atoms with Gasteiger partial charge in [0.2, 0.25) is 0 Å². The number of hydrogen-bond acceptors (Lipinski definition) is 4. The van der Waals surface area contributed by atoms with Crippen molar-refractivity contribution in [1.82, 2.24) is 19.8 Å². The van der Waals surface area contributed by atoms with Crippen LogP contribution in [0, 0.1) is 0 Å². The lowest BCUT2D eigenvalue weighted by Gasteiger charge is -1.86. The first-order valence-electron chi connectivity index (χ1n) is 2.67. The highest BCUT2D eigenvalue weighted by Crippen LogP contribution is 2.07. The number of hydrogen-bond donors (Lipinski definition) is 2. The normalized spacial score (nSPS) is 10.8. The number of nitrogens with two attached hydrogens (primary N) is 1. The molecular weight excluding hydrogens is 134 g/mol. The molecule has 6 heteroatoms. The molecule has 0 atom stereocenters. The van der Waals surface area contributed by atoms with Gasteiger partial charge in [0, 0.05) is 0 Å². The highest BCUT2D eigenvalue weighted by molar-refractivity contribution is 5.63. The number of aromatic nitrogens is 4. The molecule has 2 aromatic heterocycles. The van der Waals surface area contributed by atoms with Crippen LogP contribution in [0.5, 0.6) is 0 Å². The number of fused-ring (bicyclic) bond motifs is 1. The van der Waals surface area contributed by atoms with Crippen molar-refractivity contribution in [3.8, 4) is 0 Å². The average molecular weight is 139 g/mol. The Kier molecular flexibility index (Phi) is 0.717. The van der Waals surface area contributed by atoms with E-state index in [4.69, 9.17) is 10.9 Å². The molecule has 2 heterocycles. The highest BCUT2D eigenvalue weighted by Gasteiger charge is 2.03. The van der Waals surface area contributed by atoms with Crippen LogP contribution in [0.1, 0.15) is 0 Å². The van der Waals surface area contributed by atoms with Gasteiger partial charge < -0.3 is 10.9 Å². The van der Waals surface area contributed by atoms with Gasteiger partial charge in [-0.3, -0.25) is 0 Å². The average Bonchev–Trinajstić information content (AvgIpc) is 2.41. The van der Waals surface area contributed by atoms with Crippen LogP contribution in [0.4, 0.5) is 5.82 Å². The Morgan fingerprint density at radius 2 is 2.40 bits per heavy atom. The van der Waals surface area contributed by atoms with E-state index in [1.54, 1.807) is 6.07 Å². The third kappa shape index (κ3) is 0.426. The fraction of sp³-hybridized carbons (Fsp3) is 0. The summed E-state index contributed by atoms with van der Waals surface area (Å²) in [6.07, 6.45) is 1.43. The minimum atomic E-state index is 0.313. The van der Waals surface area contributed by atoms with E-state index in [0.29, 0.717) is 11.3 Å². The summed E-state index contributed by atoms with van der Waals surface area (Å²) in [4.78, 5) is 0.804. The highest BCUT2D eigenvalue weighted by atomic mass is 16.5. The predicted molar refractivity (Wildman–Crippen MR) is 32.6 cm³/mol. The van der Waals surface area contributed by atoms with Gasteiger partial charge in [0.25, 0.3) is 0 Å². The molecule has 52 valence electrons. The number of anilines is 1. The molecular formula is C4H5N5O. The molecule has 10 heavy (non-hydrogen) atoms. The van der Waals surface area contributed by atoms with Gasteiger partial charge in [-0.1, -0.05) is 0 Å². The Hall–Kier alpha value is -1.72. The summed E-state index contributed by atoms with van der Waals surface area (Å²) in [6, 6.07) is 1.62. The van der Waals surface area contributed by atoms with Crippen LogP contribution >= 0.6 is 0 Å². The van der Waals surface area contributed by atoms with Crippen molar-refractivity contribution in [3.63, 3.8) is 0 Å². The van der Waals surface area contributed by atoms with Crippen molar-refractivity contribution >= 4 is 11.3 Å². The third-order valence-corrected chi connectivity index (χ3v) is 1.27. The lowest BCUT2D eigenvalue weighted by molar-refractivity contribution is 0.126. The molecule has 0 bridgehead atoms. The lowest BCUT2D eigenvalue weighted by Crippen LogP contribution is -2.00. The minimum Gasteiger partial charge on any atom is -0.412 e. The van der Waals surface area contributed by atoms with Crippen molar-refractivity contribution < 1.29 is 5.21 Å². The summed E-state index contributed by atoms with van der Waals surface area (Å²) in [6.45, 7) is 0. The van der Waals surface area contributed by atoms with Crippen LogP contribution in [-0.2, 0) is 0 Å². The maximum Gasteiger partial charge on any atom is 0.175 e. The summed E-state index contributed by atoms with van der Waals surface area (Å²) >= 11 is 0. The molecule has 0 unspecified atom stereocenters. The molecule has 2 aromatic rings. The fourth-order valence-corrected chi connectivity index (χ4v) is 0.796. The van der Waals surface area contributed by atoms with E-state index in [1.807, 2.05) is 0 Å². The quantitative estimate of drug-likeness (QED) is 0.475. The van der Waals surface area contributed by atoms with Crippen molar-refractivity contribution in [3.05, 3.63) is 12.3 Å². The first kappa shape index (κ1) is 5.10. The smallest absolute Gasteiger partial charge is 0.175 e. The van der Waals surface area contributed by atoms with Crippen molar-refractivity contribution in [2.24, 2.45) is 0 Å². The molecule has 0 saturated heterocycles. The molecule has 6 nitrogen and oxygen atoms in total. The van der Waals surface area contributed by atoms with E-state index in [2.05, 4.69) is 10.3 Å². The molecule has 0 aliphatic heterocycles. The van der Waals surface area contributed by atoms with Gasteiger partial charge in [0.15, 0.2) is 5.82 Å². The second-order valence-corrected chi connectivity index (χ2v) is 1.89. The summed E-state index contributed by atoms with van der Waals surface area (Å²) in [7, 11) is 0. The SMILES string of the molecule is Nc1nnn2c1ccn2O. The van der Waals surface area contributed by atoms with Crippen LogP contribution < -0.4 is 5.73 Å². The summed E-state index contributed by atoms with van der Waals surface area (Å²) in [5.41, 5.74) is 5.97. The molecule has 0 radical (unpaired) electrons. The van der Waals surface area contributed by atoms with E-state index in [1.165, 1.54) is 10.8 Å². The topological polar surface area (TPSA) is 81.4 Å². The predicted octanol–water partition coefficient (Wildman–Crippen LogP) is -0.650. The van der Waals surface area contributed by atoms with Gasteiger partial charge in [-0.25, -0.2) is 0 Å². The van der Waals surface area contributed by atoms with E-state index in [9.17, 15) is 0 Å². The van der Waals surface area contributed by atoms with Gasteiger partial charge in [-0.2, -0.15) is 0 Å². The third-order valence-electron chi connectivity index (χ3n) is 1.27. The monoisotopic (exact) mass is 139 g/mol. The first-order valence-corrected chi connectivity index (χ1v) is 2.67. The first-order chi connectivity index (χ1) is 4.79. The minimum absolute atomic E-state index is 0.313.